The van der Waals surface area contributed by atoms with Crippen LogP contribution in [0.5, 0.6) is 0 Å². The van der Waals surface area contributed by atoms with Gasteiger partial charge in [-0.05, 0) is 29.9 Å². The SMILES string of the molecule is N#Cc1cc(CNC2CCCCC2)cs1. The zero-order chi connectivity index (χ0) is 10.5. The van der Waals surface area contributed by atoms with Gasteiger partial charge in [0.1, 0.15) is 10.9 Å². The summed E-state index contributed by atoms with van der Waals surface area (Å²) in [6, 6.07) is 4.86. The highest BCUT2D eigenvalue weighted by molar-refractivity contribution is 7.10. The van der Waals surface area contributed by atoms with Crippen LogP contribution in [0.1, 0.15) is 42.5 Å². The van der Waals surface area contributed by atoms with Gasteiger partial charge in [-0.25, -0.2) is 0 Å². The molecule has 1 aromatic heterocycles. The van der Waals surface area contributed by atoms with Crippen LogP contribution in [-0.4, -0.2) is 6.04 Å². The highest BCUT2D eigenvalue weighted by Crippen LogP contribution is 2.19. The largest absolute Gasteiger partial charge is 0.310 e. The van der Waals surface area contributed by atoms with Crippen molar-refractivity contribution in [2.75, 3.05) is 0 Å². The number of nitrogens with zero attached hydrogens (tertiary/aromatic N) is 1. The van der Waals surface area contributed by atoms with E-state index in [0.717, 1.165) is 11.4 Å². The summed E-state index contributed by atoms with van der Waals surface area (Å²) in [7, 11) is 0. The lowest BCUT2D eigenvalue weighted by atomic mass is 9.95. The zero-order valence-corrected chi connectivity index (χ0v) is 9.65. The number of hydrogen-bond acceptors (Lipinski definition) is 3. The van der Waals surface area contributed by atoms with Crippen molar-refractivity contribution < 1.29 is 0 Å². The molecule has 1 heterocycles. The minimum atomic E-state index is 0.698. The maximum atomic E-state index is 8.71. The maximum Gasteiger partial charge on any atom is 0.110 e. The van der Waals surface area contributed by atoms with Crippen molar-refractivity contribution in [3.05, 3.63) is 21.9 Å². The molecule has 0 atom stereocenters. The molecular weight excluding hydrogens is 204 g/mol. The van der Waals surface area contributed by atoms with Gasteiger partial charge in [-0.3, -0.25) is 0 Å². The van der Waals surface area contributed by atoms with Gasteiger partial charge in [0.25, 0.3) is 0 Å². The van der Waals surface area contributed by atoms with Crippen molar-refractivity contribution in [2.24, 2.45) is 0 Å². The van der Waals surface area contributed by atoms with Gasteiger partial charge in [0.05, 0.1) is 0 Å². The summed E-state index contributed by atoms with van der Waals surface area (Å²) in [5.74, 6) is 0. The Morgan fingerprint density at radius 1 is 1.40 bits per heavy atom. The third-order valence-electron chi connectivity index (χ3n) is 2.96. The van der Waals surface area contributed by atoms with Crippen LogP contribution in [0.25, 0.3) is 0 Å². The molecule has 1 fully saturated rings. The van der Waals surface area contributed by atoms with Gasteiger partial charge < -0.3 is 5.32 Å². The van der Waals surface area contributed by atoms with E-state index in [9.17, 15) is 0 Å². The number of thiophene rings is 1. The lowest BCUT2D eigenvalue weighted by molar-refractivity contribution is 0.372. The molecule has 1 aliphatic rings. The topological polar surface area (TPSA) is 35.8 Å². The average molecular weight is 220 g/mol. The van der Waals surface area contributed by atoms with Crippen LogP contribution >= 0.6 is 11.3 Å². The maximum absolute atomic E-state index is 8.71. The van der Waals surface area contributed by atoms with E-state index < -0.39 is 0 Å². The Labute approximate surface area is 94.9 Å². The molecule has 1 saturated carbocycles. The fraction of sp³-hybridized carbons (Fsp3) is 0.583. The Morgan fingerprint density at radius 2 is 2.20 bits per heavy atom. The Bertz CT molecular complexity index is 345. The third-order valence-corrected chi connectivity index (χ3v) is 3.85. The van der Waals surface area contributed by atoms with Crippen LogP contribution in [-0.2, 0) is 6.54 Å². The van der Waals surface area contributed by atoms with Gasteiger partial charge in [-0.2, -0.15) is 5.26 Å². The summed E-state index contributed by atoms with van der Waals surface area (Å²) in [5, 5.41) is 14.4. The quantitative estimate of drug-likeness (QED) is 0.850. The first-order valence-corrected chi connectivity index (χ1v) is 6.47. The Hall–Kier alpha value is -0.850. The van der Waals surface area contributed by atoms with E-state index in [1.54, 1.807) is 0 Å². The van der Waals surface area contributed by atoms with E-state index in [1.165, 1.54) is 49.0 Å². The molecule has 0 radical (unpaired) electrons. The van der Waals surface area contributed by atoms with Crippen molar-refractivity contribution in [1.29, 1.82) is 5.26 Å². The highest BCUT2D eigenvalue weighted by Gasteiger charge is 2.12. The molecule has 3 heteroatoms. The Kier molecular flexibility index (Phi) is 3.76. The zero-order valence-electron chi connectivity index (χ0n) is 8.83. The minimum Gasteiger partial charge on any atom is -0.310 e. The van der Waals surface area contributed by atoms with Gasteiger partial charge in [0.15, 0.2) is 0 Å². The lowest BCUT2D eigenvalue weighted by Crippen LogP contribution is -2.30. The molecule has 15 heavy (non-hydrogen) atoms. The van der Waals surface area contributed by atoms with E-state index in [2.05, 4.69) is 16.8 Å². The molecule has 1 aliphatic carbocycles. The predicted octanol–water partition coefficient (Wildman–Crippen LogP) is 3.04. The van der Waals surface area contributed by atoms with Crippen molar-refractivity contribution in [3.8, 4) is 6.07 Å². The molecule has 0 saturated heterocycles. The third kappa shape index (κ3) is 3.05. The van der Waals surface area contributed by atoms with E-state index in [-0.39, 0.29) is 0 Å². The van der Waals surface area contributed by atoms with Crippen LogP contribution in [0.2, 0.25) is 0 Å². The molecule has 0 unspecified atom stereocenters. The number of rotatable bonds is 3. The van der Waals surface area contributed by atoms with E-state index in [1.807, 2.05) is 6.07 Å². The van der Waals surface area contributed by atoms with Crippen molar-refractivity contribution in [1.82, 2.24) is 5.32 Å². The van der Waals surface area contributed by atoms with Gasteiger partial charge in [-0.1, -0.05) is 19.3 Å². The first-order chi connectivity index (χ1) is 7.38. The second kappa shape index (κ2) is 5.29. The summed E-state index contributed by atoms with van der Waals surface area (Å²) < 4.78 is 0. The number of nitriles is 1. The summed E-state index contributed by atoms with van der Waals surface area (Å²) in [6.07, 6.45) is 6.76. The van der Waals surface area contributed by atoms with E-state index in [4.69, 9.17) is 5.26 Å². The molecule has 0 aromatic carbocycles. The van der Waals surface area contributed by atoms with Crippen LogP contribution in [0.4, 0.5) is 0 Å². The van der Waals surface area contributed by atoms with E-state index >= 15 is 0 Å². The lowest BCUT2D eigenvalue weighted by Gasteiger charge is -2.22. The Morgan fingerprint density at radius 3 is 2.87 bits per heavy atom. The average Bonchev–Trinajstić information content (AvgIpc) is 2.76. The number of hydrogen-bond donors (Lipinski definition) is 1. The number of nitrogens with one attached hydrogen (secondary N) is 1. The molecule has 0 amide bonds. The van der Waals surface area contributed by atoms with E-state index in [0.29, 0.717) is 6.04 Å². The molecule has 0 aliphatic heterocycles. The van der Waals surface area contributed by atoms with Gasteiger partial charge in [-0.15, -0.1) is 11.3 Å². The van der Waals surface area contributed by atoms with Gasteiger partial charge in [0.2, 0.25) is 0 Å². The molecule has 2 rings (SSSR count). The molecule has 0 bridgehead atoms. The molecular formula is C12H16N2S. The molecule has 0 spiro atoms. The summed E-state index contributed by atoms with van der Waals surface area (Å²) >= 11 is 1.54. The van der Waals surface area contributed by atoms with Crippen molar-refractivity contribution in [3.63, 3.8) is 0 Å². The molecule has 1 N–H and O–H groups in total. The van der Waals surface area contributed by atoms with Crippen LogP contribution in [0.15, 0.2) is 11.4 Å². The fourth-order valence-corrected chi connectivity index (χ4v) is 2.80. The van der Waals surface area contributed by atoms with Crippen LogP contribution < -0.4 is 5.32 Å². The summed E-state index contributed by atoms with van der Waals surface area (Å²) in [4.78, 5) is 0.815. The fourth-order valence-electron chi connectivity index (χ4n) is 2.10. The first-order valence-electron chi connectivity index (χ1n) is 5.59. The van der Waals surface area contributed by atoms with Crippen molar-refractivity contribution >= 4 is 11.3 Å². The van der Waals surface area contributed by atoms with Gasteiger partial charge in [0, 0.05) is 12.6 Å². The van der Waals surface area contributed by atoms with Crippen molar-refractivity contribution in [2.45, 2.75) is 44.7 Å². The molecule has 1 aromatic rings. The summed E-state index contributed by atoms with van der Waals surface area (Å²) in [5.41, 5.74) is 1.25. The first kappa shape index (κ1) is 10.7. The predicted molar refractivity (Wildman–Crippen MR) is 62.7 cm³/mol. The monoisotopic (exact) mass is 220 g/mol. The molecule has 80 valence electrons. The van der Waals surface area contributed by atoms with Gasteiger partial charge >= 0.3 is 0 Å². The smallest absolute Gasteiger partial charge is 0.110 e. The second-order valence-corrected chi connectivity index (χ2v) is 5.06. The second-order valence-electron chi connectivity index (χ2n) is 4.15. The standard InChI is InChI=1S/C12H16N2S/c13-7-12-6-10(9-15-12)8-14-11-4-2-1-3-5-11/h6,9,11,14H,1-5,8H2. The van der Waals surface area contributed by atoms with Crippen LogP contribution in [0, 0.1) is 11.3 Å². The minimum absolute atomic E-state index is 0.698. The van der Waals surface area contributed by atoms with Crippen LogP contribution in [0.3, 0.4) is 0 Å². The highest BCUT2D eigenvalue weighted by atomic mass is 32.1. The normalized spacial score (nSPS) is 17.5. The molecule has 2 nitrogen and oxygen atoms in total. The summed E-state index contributed by atoms with van der Waals surface area (Å²) in [6.45, 7) is 0.919. The Balaban J connectivity index is 1.79.